The average molecular weight is 335 g/mol. The summed E-state index contributed by atoms with van der Waals surface area (Å²) in [6, 6.07) is 7.19. The number of nitrogens with zero attached hydrogens (tertiary/aromatic N) is 4. The van der Waals surface area contributed by atoms with E-state index < -0.39 is 0 Å². The molecule has 0 fully saturated rings. The predicted molar refractivity (Wildman–Crippen MR) is 91.7 cm³/mol. The Hall–Kier alpha value is -3.40. The van der Waals surface area contributed by atoms with Crippen molar-refractivity contribution in [2.45, 2.75) is 20.0 Å². The Bertz CT molecular complexity index is 907. The maximum absolute atomic E-state index is 12.4. The molecule has 1 aliphatic rings. The van der Waals surface area contributed by atoms with Crippen molar-refractivity contribution in [2.75, 3.05) is 11.9 Å². The van der Waals surface area contributed by atoms with E-state index in [2.05, 4.69) is 22.9 Å². The second-order valence-corrected chi connectivity index (χ2v) is 5.80. The number of amides is 2. The van der Waals surface area contributed by atoms with Crippen LogP contribution in [-0.2, 0) is 17.9 Å². The van der Waals surface area contributed by atoms with Gasteiger partial charge in [0.2, 0.25) is 5.91 Å². The summed E-state index contributed by atoms with van der Waals surface area (Å²) in [4.78, 5) is 30.1. The molecule has 0 spiro atoms. The van der Waals surface area contributed by atoms with Crippen molar-refractivity contribution in [1.29, 1.82) is 5.26 Å². The van der Waals surface area contributed by atoms with Crippen molar-refractivity contribution in [3.05, 3.63) is 59.7 Å². The van der Waals surface area contributed by atoms with Crippen molar-refractivity contribution in [3.63, 3.8) is 0 Å². The molecular weight excluding hydrogens is 318 g/mol. The van der Waals surface area contributed by atoms with Gasteiger partial charge in [0.05, 0.1) is 18.2 Å². The van der Waals surface area contributed by atoms with Gasteiger partial charge in [-0.1, -0.05) is 6.58 Å². The molecule has 0 aliphatic carbocycles. The molecule has 7 nitrogen and oxygen atoms in total. The summed E-state index contributed by atoms with van der Waals surface area (Å²) in [5.74, 6) is 0.198. The van der Waals surface area contributed by atoms with Crippen LogP contribution in [0.3, 0.4) is 0 Å². The standard InChI is InChI=1S/C18H17N5O2/c1-3-17(24)23-7-6-22-10-15(21-16(22)11-23)18(25)20-14-5-4-13(9-19)12(2)8-14/h3-5,8,10H,1,6-7,11H2,2H3,(H,20,25). The fraction of sp³-hybridized carbons (Fsp3) is 0.222. The van der Waals surface area contributed by atoms with Gasteiger partial charge in [0.1, 0.15) is 11.5 Å². The highest BCUT2D eigenvalue weighted by molar-refractivity contribution is 6.02. The van der Waals surface area contributed by atoms with E-state index >= 15 is 0 Å². The zero-order valence-electron chi connectivity index (χ0n) is 13.8. The van der Waals surface area contributed by atoms with Crippen molar-refractivity contribution in [2.24, 2.45) is 0 Å². The number of fused-ring (bicyclic) bond motifs is 1. The van der Waals surface area contributed by atoms with E-state index in [1.54, 1.807) is 29.3 Å². The summed E-state index contributed by atoms with van der Waals surface area (Å²) >= 11 is 0. The van der Waals surface area contributed by atoms with Crippen molar-refractivity contribution >= 4 is 17.5 Å². The molecule has 0 radical (unpaired) electrons. The molecule has 1 aliphatic heterocycles. The zero-order valence-corrected chi connectivity index (χ0v) is 13.8. The third-order valence-corrected chi connectivity index (χ3v) is 4.13. The van der Waals surface area contributed by atoms with E-state index in [9.17, 15) is 9.59 Å². The number of aryl methyl sites for hydroxylation is 1. The van der Waals surface area contributed by atoms with Gasteiger partial charge in [-0.15, -0.1) is 0 Å². The number of nitrogens with one attached hydrogen (secondary N) is 1. The summed E-state index contributed by atoms with van der Waals surface area (Å²) < 4.78 is 1.88. The van der Waals surface area contributed by atoms with Crippen molar-refractivity contribution < 1.29 is 9.59 Å². The molecule has 0 atom stereocenters. The number of benzene rings is 1. The van der Waals surface area contributed by atoms with Crippen LogP contribution in [-0.4, -0.2) is 32.8 Å². The lowest BCUT2D eigenvalue weighted by atomic mass is 10.1. The summed E-state index contributed by atoms with van der Waals surface area (Å²) in [6.07, 6.45) is 2.97. The molecular formula is C18H17N5O2. The molecule has 1 aromatic carbocycles. The SMILES string of the molecule is C=CC(=O)N1CCn2cc(C(=O)Nc3ccc(C#N)c(C)c3)nc2C1. The molecule has 2 amide bonds. The van der Waals surface area contributed by atoms with Gasteiger partial charge in [-0.05, 0) is 36.8 Å². The highest BCUT2D eigenvalue weighted by Gasteiger charge is 2.22. The number of aromatic nitrogens is 2. The first-order valence-electron chi connectivity index (χ1n) is 7.81. The number of carbonyl (C=O) groups is 2. The number of imidazole rings is 1. The second-order valence-electron chi connectivity index (χ2n) is 5.80. The Morgan fingerprint density at radius 1 is 1.40 bits per heavy atom. The molecule has 25 heavy (non-hydrogen) atoms. The minimum atomic E-state index is -0.326. The molecule has 126 valence electrons. The normalized spacial score (nSPS) is 12.9. The van der Waals surface area contributed by atoms with Gasteiger partial charge < -0.3 is 14.8 Å². The Kier molecular flexibility index (Phi) is 4.35. The largest absolute Gasteiger partial charge is 0.331 e. The van der Waals surface area contributed by atoms with E-state index in [-0.39, 0.29) is 11.8 Å². The number of hydrogen-bond donors (Lipinski definition) is 1. The molecule has 0 saturated carbocycles. The van der Waals surface area contributed by atoms with E-state index in [1.807, 2.05) is 11.5 Å². The van der Waals surface area contributed by atoms with Crippen molar-refractivity contribution in [3.8, 4) is 6.07 Å². The van der Waals surface area contributed by atoms with Crippen LogP contribution >= 0.6 is 0 Å². The number of hydrogen-bond acceptors (Lipinski definition) is 4. The van der Waals surface area contributed by atoms with Crippen molar-refractivity contribution in [1.82, 2.24) is 14.5 Å². The Morgan fingerprint density at radius 3 is 2.88 bits per heavy atom. The maximum Gasteiger partial charge on any atom is 0.275 e. The summed E-state index contributed by atoms with van der Waals surface area (Å²) in [5.41, 5.74) is 2.27. The number of carbonyl (C=O) groups excluding carboxylic acids is 2. The highest BCUT2D eigenvalue weighted by Crippen LogP contribution is 2.17. The first-order chi connectivity index (χ1) is 12.0. The molecule has 1 aromatic heterocycles. The lowest BCUT2D eigenvalue weighted by Crippen LogP contribution is -2.37. The number of anilines is 1. The quantitative estimate of drug-likeness (QED) is 0.867. The smallest absolute Gasteiger partial charge is 0.275 e. The van der Waals surface area contributed by atoms with Gasteiger partial charge in [0, 0.05) is 25.0 Å². The van der Waals surface area contributed by atoms with Crippen LogP contribution < -0.4 is 5.32 Å². The third kappa shape index (κ3) is 3.28. The van der Waals surface area contributed by atoms with Gasteiger partial charge in [0.15, 0.2) is 0 Å². The minimum absolute atomic E-state index is 0.145. The van der Waals surface area contributed by atoms with Gasteiger partial charge >= 0.3 is 0 Å². The maximum atomic E-state index is 12.4. The topological polar surface area (TPSA) is 91.0 Å². The molecule has 0 saturated heterocycles. The first kappa shape index (κ1) is 16.5. The predicted octanol–water partition coefficient (Wildman–Crippen LogP) is 1.84. The molecule has 0 unspecified atom stereocenters. The summed E-state index contributed by atoms with van der Waals surface area (Å²) in [6.45, 7) is 6.81. The molecule has 2 aromatic rings. The van der Waals surface area contributed by atoms with Gasteiger partial charge in [-0.3, -0.25) is 9.59 Å². The van der Waals surface area contributed by atoms with Gasteiger partial charge in [-0.25, -0.2) is 4.98 Å². The highest BCUT2D eigenvalue weighted by atomic mass is 16.2. The molecule has 0 bridgehead atoms. The second kappa shape index (κ2) is 6.61. The Balaban J connectivity index is 1.75. The lowest BCUT2D eigenvalue weighted by Gasteiger charge is -2.26. The van der Waals surface area contributed by atoms with E-state index in [4.69, 9.17) is 5.26 Å². The van der Waals surface area contributed by atoms with Crippen LogP contribution in [0.25, 0.3) is 0 Å². The third-order valence-electron chi connectivity index (χ3n) is 4.13. The van der Waals surface area contributed by atoms with Gasteiger partial charge in [0.25, 0.3) is 5.91 Å². The van der Waals surface area contributed by atoms with Crippen LogP contribution in [0.15, 0.2) is 37.1 Å². The minimum Gasteiger partial charge on any atom is -0.331 e. The summed E-state index contributed by atoms with van der Waals surface area (Å²) in [7, 11) is 0. The first-order valence-corrected chi connectivity index (χ1v) is 7.81. The molecule has 1 N–H and O–H groups in total. The van der Waals surface area contributed by atoms with E-state index in [0.29, 0.717) is 42.4 Å². The average Bonchev–Trinajstić information content (AvgIpc) is 3.04. The molecule has 3 rings (SSSR count). The molecule has 2 heterocycles. The van der Waals surface area contributed by atoms with Crippen LogP contribution in [0.1, 0.15) is 27.4 Å². The Morgan fingerprint density at radius 2 is 2.20 bits per heavy atom. The van der Waals surface area contributed by atoms with Crippen LogP contribution in [0.4, 0.5) is 5.69 Å². The molecule has 7 heteroatoms. The summed E-state index contributed by atoms with van der Waals surface area (Å²) in [5, 5.41) is 11.7. The monoisotopic (exact) mass is 335 g/mol. The van der Waals surface area contributed by atoms with Crippen LogP contribution in [0.2, 0.25) is 0 Å². The lowest BCUT2D eigenvalue weighted by molar-refractivity contribution is -0.127. The van der Waals surface area contributed by atoms with Crippen LogP contribution in [0.5, 0.6) is 0 Å². The fourth-order valence-corrected chi connectivity index (χ4v) is 2.74. The van der Waals surface area contributed by atoms with Gasteiger partial charge in [-0.2, -0.15) is 5.26 Å². The zero-order chi connectivity index (χ0) is 18.0. The fourth-order valence-electron chi connectivity index (χ4n) is 2.74. The van der Waals surface area contributed by atoms with Crippen LogP contribution in [0, 0.1) is 18.3 Å². The van der Waals surface area contributed by atoms with E-state index in [0.717, 1.165) is 5.56 Å². The Labute approximate surface area is 145 Å². The number of rotatable bonds is 3. The number of nitriles is 1. The van der Waals surface area contributed by atoms with E-state index in [1.165, 1.54) is 6.08 Å².